The molecule has 0 saturated carbocycles. The van der Waals surface area contributed by atoms with Gasteiger partial charge in [-0.05, 0) is 0 Å². The Balaban J connectivity index is 1.93. The molecule has 10 nitrogen and oxygen atoms in total. The molecule has 4 N–H and O–H groups in total. The Bertz CT molecular complexity index is 691. The van der Waals surface area contributed by atoms with E-state index in [9.17, 15) is 9.36 Å². The number of aliphatic hydroxyl groups excluding tert-OH is 1. The number of ether oxygens (including phenoxy) is 1. The molecule has 0 aliphatic carbocycles. The number of nitrogens with zero attached hydrogens (tertiary/aromatic N) is 3. The summed E-state index contributed by atoms with van der Waals surface area (Å²) in [4.78, 5) is 39.0. The molecule has 2 rings (SSSR count). The van der Waals surface area contributed by atoms with Crippen molar-refractivity contribution in [2.45, 2.75) is 12.4 Å². The fourth-order valence-corrected chi connectivity index (χ4v) is 1.80. The number of aromatic amines is 1. The van der Waals surface area contributed by atoms with Crippen LogP contribution in [-0.4, -0.2) is 53.5 Å². The maximum absolute atomic E-state index is 11.4. The van der Waals surface area contributed by atoms with Gasteiger partial charge in [-0.15, -0.1) is 0 Å². The van der Waals surface area contributed by atoms with Gasteiger partial charge in [0.25, 0.3) is 5.56 Å². The van der Waals surface area contributed by atoms with Crippen LogP contribution in [0.3, 0.4) is 0 Å². The van der Waals surface area contributed by atoms with Gasteiger partial charge in [0, 0.05) is 6.54 Å². The molecule has 1 atom stereocenters. The Hall–Kier alpha value is -1.58. The van der Waals surface area contributed by atoms with Crippen LogP contribution in [0, 0.1) is 0 Å². The first-order valence-corrected chi connectivity index (χ1v) is 7.27. The number of aromatic nitrogens is 4. The number of rotatable bonds is 6. The van der Waals surface area contributed by atoms with Crippen molar-refractivity contribution < 1.29 is 24.2 Å². The minimum absolute atomic E-state index is 0.0804. The van der Waals surface area contributed by atoms with Crippen molar-refractivity contribution in [1.82, 2.24) is 19.5 Å². The van der Waals surface area contributed by atoms with Gasteiger partial charge in [-0.25, -0.2) is 9.97 Å². The fourth-order valence-electron chi connectivity index (χ4n) is 1.50. The van der Waals surface area contributed by atoms with Crippen LogP contribution in [0.4, 0.5) is 0 Å². The van der Waals surface area contributed by atoms with Gasteiger partial charge in [0.05, 0.1) is 25.9 Å². The predicted molar refractivity (Wildman–Crippen MR) is 67.0 cm³/mol. The lowest BCUT2D eigenvalue weighted by Crippen LogP contribution is -2.17. The summed E-state index contributed by atoms with van der Waals surface area (Å²) in [6.45, 7) is -0.122. The van der Waals surface area contributed by atoms with Gasteiger partial charge in [0.1, 0.15) is 0 Å². The minimum Gasteiger partial charge on any atom is -0.378 e. The van der Waals surface area contributed by atoms with Gasteiger partial charge in [0.15, 0.2) is 17.0 Å². The monoisotopic (exact) mass is 304 g/mol. The molecule has 0 radical (unpaired) electrons. The second-order valence-corrected chi connectivity index (χ2v) is 5.76. The Labute approximate surface area is 112 Å². The zero-order valence-electron chi connectivity index (χ0n) is 10.2. The van der Waals surface area contributed by atoms with Crippen molar-refractivity contribution in [3.8, 4) is 0 Å². The highest BCUT2D eigenvalue weighted by Gasteiger charge is 2.26. The predicted octanol–water partition coefficient (Wildman–Crippen LogP) is -1.37. The molecule has 0 amide bonds. The topological polar surface area (TPSA) is 151 Å². The van der Waals surface area contributed by atoms with Crippen molar-refractivity contribution >= 4 is 18.8 Å². The van der Waals surface area contributed by atoms with Crippen LogP contribution in [-0.2, 0) is 15.8 Å². The number of nitrogens with one attached hydrogen (secondary N) is 1. The van der Waals surface area contributed by atoms with Gasteiger partial charge >= 0.3 is 7.60 Å². The van der Waals surface area contributed by atoms with E-state index in [1.165, 1.54) is 12.7 Å². The van der Waals surface area contributed by atoms with Gasteiger partial charge in [0.2, 0.25) is 0 Å². The highest BCUT2D eigenvalue weighted by Crippen LogP contribution is 2.39. The molecule has 0 fully saturated rings. The van der Waals surface area contributed by atoms with E-state index in [1.54, 1.807) is 4.57 Å². The number of fused-ring (bicyclic) bond motifs is 1. The van der Waals surface area contributed by atoms with Crippen LogP contribution >= 0.6 is 7.60 Å². The first-order chi connectivity index (χ1) is 9.39. The normalized spacial score (nSPS) is 13.8. The third-order valence-electron chi connectivity index (χ3n) is 2.54. The van der Waals surface area contributed by atoms with Crippen LogP contribution in [0.25, 0.3) is 11.2 Å². The second-order valence-electron chi connectivity index (χ2n) is 3.99. The molecule has 2 heterocycles. The van der Waals surface area contributed by atoms with E-state index in [0.717, 1.165) is 0 Å². The average Bonchev–Trinajstić information content (AvgIpc) is 2.78. The molecule has 11 heteroatoms. The van der Waals surface area contributed by atoms with E-state index in [-0.39, 0.29) is 24.2 Å². The Morgan fingerprint density at radius 2 is 2.20 bits per heavy atom. The highest BCUT2D eigenvalue weighted by molar-refractivity contribution is 7.52. The third-order valence-corrected chi connectivity index (χ3v) is 3.46. The second kappa shape index (κ2) is 5.81. The van der Waals surface area contributed by atoms with E-state index in [4.69, 9.17) is 19.6 Å². The van der Waals surface area contributed by atoms with Gasteiger partial charge < -0.3 is 29.2 Å². The third kappa shape index (κ3) is 3.30. The van der Waals surface area contributed by atoms with Crippen LogP contribution in [0.1, 0.15) is 0 Å². The van der Waals surface area contributed by atoms with E-state index in [2.05, 4.69) is 15.0 Å². The molecule has 20 heavy (non-hydrogen) atoms. The van der Waals surface area contributed by atoms with Crippen molar-refractivity contribution in [2.24, 2.45) is 0 Å². The molecule has 1 unspecified atom stereocenters. The smallest absolute Gasteiger partial charge is 0.356 e. The van der Waals surface area contributed by atoms with Gasteiger partial charge in [-0.2, -0.15) is 0 Å². The van der Waals surface area contributed by atoms with Crippen molar-refractivity contribution in [2.75, 3.05) is 13.2 Å². The molecule has 0 aliphatic rings. The van der Waals surface area contributed by atoms with Crippen molar-refractivity contribution in [3.63, 3.8) is 0 Å². The lowest BCUT2D eigenvalue weighted by atomic mass is 10.5. The van der Waals surface area contributed by atoms with E-state index >= 15 is 0 Å². The summed E-state index contributed by atoms with van der Waals surface area (Å²) >= 11 is 0. The SMILES string of the molecule is O=c1[nH]cnc2c1ncn2CCOCC(O)P(=O)(O)O. The molecular weight excluding hydrogens is 291 g/mol. The maximum Gasteiger partial charge on any atom is 0.356 e. The summed E-state index contributed by atoms with van der Waals surface area (Å²) in [6, 6.07) is 0. The Kier molecular flexibility index (Phi) is 4.31. The largest absolute Gasteiger partial charge is 0.378 e. The van der Waals surface area contributed by atoms with Crippen molar-refractivity contribution in [1.29, 1.82) is 0 Å². The number of aliphatic hydroxyl groups is 1. The summed E-state index contributed by atoms with van der Waals surface area (Å²) in [7, 11) is -4.55. The maximum atomic E-state index is 11.4. The molecular formula is C9H13N4O6P. The molecule has 2 aromatic rings. The zero-order valence-corrected chi connectivity index (χ0v) is 11.1. The molecule has 0 aliphatic heterocycles. The first-order valence-electron chi connectivity index (χ1n) is 5.59. The molecule has 2 aromatic heterocycles. The molecule has 0 aromatic carbocycles. The van der Waals surface area contributed by atoms with E-state index in [0.29, 0.717) is 5.65 Å². The lowest BCUT2D eigenvalue weighted by molar-refractivity contribution is 0.0577. The number of imidazole rings is 1. The highest BCUT2D eigenvalue weighted by atomic mass is 31.2. The summed E-state index contributed by atoms with van der Waals surface area (Å²) in [5.74, 6) is -1.84. The molecule has 0 bridgehead atoms. The van der Waals surface area contributed by atoms with Crippen LogP contribution < -0.4 is 5.56 Å². The Morgan fingerprint density at radius 1 is 1.45 bits per heavy atom. The number of H-pyrrole nitrogens is 1. The molecule has 110 valence electrons. The van der Waals surface area contributed by atoms with Crippen LogP contribution in [0.2, 0.25) is 0 Å². The standard InChI is InChI=1S/C9H13N4O6P/c14-6(20(16,17)18)3-19-2-1-13-5-12-7-8(13)10-4-11-9(7)15/h4-6,14H,1-3H2,(H,10,11,15)(H2,16,17,18). The van der Waals surface area contributed by atoms with Crippen molar-refractivity contribution in [3.05, 3.63) is 23.0 Å². The van der Waals surface area contributed by atoms with E-state index < -0.39 is 20.0 Å². The summed E-state index contributed by atoms with van der Waals surface area (Å²) in [5, 5.41) is 9.09. The fraction of sp³-hybridized carbons (Fsp3) is 0.444. The quantitative estimate of drug-likeness (QED) is 0.377. The first kappa shape index (κ1) is 14.8. The van der Waals surface area contributed by atoms with E-state index in [1.807, 2.05) is 0 Å². The van der Waals surface area contributed by atoms with Crippen LogP contribution in [0.15, 0.2) is 17.4 Å². The van der Waals surface area contributed by atoms with Gasteiger partial charge in [-0.1, -0.05) is 0 Å². The molecule has 0 spiro atoms. The minimum atomic E-state index is -4.55. The summed E-state index contributed by atoms with van der Waals surface area (Å²) in [5.41, 5.74) is 0.224. The Morgan fingerprint density at radius 3 is 2.90 bits per heavy atom. The number of hydrogen-bond acceptors (Lipinski definition) is 6. The summed E-state index contributed by atoms with van der Waals surface area (Å²) in [6.07, 6.45) is 2.66. The van der Waals surface area contributed by atoms with Gasteiger partial charge in [-0.3, -0.25) is 9.36 Å². The number of hydrogen-bond donors (Lipinski definition) is 4. The summed E-state index contributed by atoms with van der Waals surface area (Å²) < 4.78 is 17.2. The lowest BCUT2D eigenvalue weighted by Gasteiger charge is -2.12. The van der Waals surface area contributed by atoms with Crippen LogP contribution in [0.5, 0.6) is 0 Å². The average molecular weight is 304 g/mol. The zero-order chi connectivity index (χ0) is 14.8. The molecule has 0 saturated heterocycles.